The second-order valence-electron chi connectivity index (χ2n) is 5.44. The quantitative estimate of drug-likeness (QED) is 0.771. The summed E-state index contributed by atoms with van der Waals surface area (Å²) in [5.74, 6) is 1.42. The van der Waals surface area contributed by atoms with Crippen LogP contribution in [-0.4, -0.2) is 31.7 Å². The Morgan fingerprint density at radius 3 is 2.52 bits per heavy atom. The van der Waals surface area contributed by atoms with Crippen LogP contribution in [0.2, 0.25) is 0 Å². The molecule has 0 atom stereocenters. The van der Waals surface area contributed by atoms with Gasteiger partial charge in [0.1, 0.15) is 0 Å². The predicted octanol–water partition coefficient (Wildman–Crippen LogP) is 2.10. The highest BCUT2D eigenvalue weighted by molar-refractivity contribution is 5.78. The molecule has 21 heavy (non-hydrogen) atoms. The molecule has 0 aliphatic rings. The van der Waals surface area contributed by atoms with E-state index in [1.165, 1.54) is 0 Å². The van der Waals surface area contributed by atoms with E-state index in [-0.39, 0.29) is 24.6 Å². The summed E-state index contributed by atoms with van der Waals surface area (Å²) >= 11 is 0. The minimum Gasteiger partial charge on any atom is -0.493 e. The van der Waals surface area contributed by atoms with E-state index in [9.17, 15) is 4.79 Å². The van der Waals surface area contributed by atoms with E-state index in [2.05, 4.69) is 10.6 Å². The van der Waals surface area contributed by atoms with Gasteiger partial charge in [-0.15, -0.1) is 0 Å². The molecule has 118 valence electrons. The van der Waals surface area contributed by atoms with Crippen molar-refractivity contribution in [3.05, 3.63) is 23.8 Å². The lowest BCUT2D eigenvalue weighted by Crippen LogP contribution is -2.37. The first-order chi connectivity index (χ1) is 9.93. The van der Waals surface area contributed by atoms with Crippen molar-refractivity contribution in [2.75, 3.05) is 13.7 Å². The summed E-state index contributed by atoms with van der Waals surface area (Å²) in [6.45, 7) is 8.64. The molecule has 5 heteroatoms. The number of benzene rings is 1. The largest absolute Gasteiger partial charge is 0.493 e. The Kier molecular flexibility index (Phi) is 7.02. The van der Waals surface area contributed by atoms with E-state index >= 15 is 0 Å². The molecular formula is C16H26N2O3. The SMILES string of the molecule is COc1cccc(CNCC(=O)NC(C)C)c1OC(C)C. The van der Waals surface area contributed by atoms with Gasteiger partial charge in [0.15, 0.2) is 11.5 Å². The number of hydrogen-bond acceptors (Lipinski definition) is 4. The summed E-state index contributed by atoms with van der Waals surface area (Å²) in [7, 11) is 1.62. The topological polar surface area (TPSA) is 59.6 Å². The van der Waals surface area contributed by atoms with Crippen LogP contribution in [0.25, 0.3) is 0 Å². The van der Waals surface area contributed by atoms with Crippen molar-refractivity contribution in [1.82, 2.24) is 10.6 Å². The average Bonchev–Trinajstić information content (AvgIpc) is 2.39. The van der Waals surface area contributed by atoms with Gasteiger partial charge in [0.2, 0.25) is 5.91 Å². The molecule has 1 amide bonds. The van der Waals surface area contributed by atoms with Gasteiger partial charge in [-0.3, -0.25) is 4.79 Å². The van der Waals surface area contributed by atoms with Gasteiger partial charge in [-0.25, -0.2) is 0 Å². The molecule has 0 aliphatic carbocycles. The fraction of sp³-hybridized carbons (Fsp3) is 0.562. The summed E-state index contributed by atoms with van der Waals surface area (Å²) < 4.78 is 11.2. The zero-order chi connectivity index (χ0) is 15.8. The molecular weight excluding hydrogens is 268 g/mol. The Bertz CT molecular complexity index is 459. The first-order valence-corrected chi connectivity index (χ1v) is 7.26. The fourth-order valence-electron chi connectivity index (χ4n) is 1.91. The molecule has 0 spiro atoms. The van der Waals surface area contributed by atoms with Crippen LogP contribution < -0.4 is 20.1 Å². The van der Waals surface area contributed by atoms with E-state index in [1.54, 1.807) is 7.11 Å². The Morgan fingerprint density at radius 2 is 1.95 bits per heavy atom. The van der Waals surface area contributed by atoms with Crippen LogP contribution in [0.4, 0.5) is 0 Å². The first-order valence-electron chi connectivity index (χ1n) is 7.26. The second-order valence-corrected chi connectivity index (χ2v) is 5.44. The summed E-state index contributed by atoms with van der Waals surface area (Å²) in [5.41, 5.74) is 0.973. The van der Waals surface area contributed by atoms with E-state index in [0.717, 1.165) is 11.3 Å². The van der Waals surface area contributed by atoms with Crippen molar-refractivity contribution in [3.8, 4) is 11.5 Å². The number of carbonyl (C=O) groups is 1. The summed E-state index contributed by atoms with van der Waals surface area (Å²) in [6, 6.07) is 5.90. The van der Waals surface area contributed by atoms with E-state index < -0.39 is 0 Å². The van der Waals surface area contributed by atoms with Gasteiger partial charge in [-0.05, 0) is 33.8 Å². The molecule has 0 heterocycles. The van der Waals surface area contributed by atoms with Gasteiger partial charge >= 0.3 is 0 Å². The number of ether oxygens (including phenoxy) is 2. The van der Waals surface area contributed by atoms with E-state index in [4.69, 9.17) is 9.47 Å². The third-order valence-electron chi connectivity index (χ3n) is 2.68. The van der Waals surface area contributed by atoms with Gasteiger partial charge in [0.05, 0.1) is 19.8 Å². The maximum atomic E-state index is 11.6. The molecule has 1 rings (SSSR count). The Hall–Kier alpha value is -1.75. The lowest BCUT2D eigenvalue weighted by atomic mass is 10.1. The minimum absolute atomic E-state index is 0.0146. The minimum atomic E-state index is -0.0146. The second kappa shape index (κ2) is 8.52. The standard InChI is InChI=1S/C16H26N2O3/c1-11(2)18-15(19)10-17-9-13-7-6-8-14(20-5)16(13)21-12(3)4/h6-8,11-12,17H,9-10H2,1-5H3,(H,18,19). The van der Waals surface area contributed by atoms with Gasteiger partial charge in [-0.2, -0.15) is 0 Å². The fourth-order valence-corrected chi connectivity index (χ4v) is 1.91. The van der Waals surface area contributed by atoms with Crippen LogP contribution in [0.5, 0.6) is 11.5 Å². The number of para-hydroxylation sites is 1. The van der Waals surface area contributed by atoms with Crippen LogP contribution in [0.15, 0.2) is 18.2 Å². The lowest BCUT2D eigenvalue weighted by Gasteiger charge is -2.17. The Labute approximate surface area is 127 Å². The lowest BCUT2D eigenvalue weighted by molar-refractivity contribution is -0.120. The van der Waals surface area contributed by atoms with Crippen molar-refractivity contribution in [1.29, 1.82) is 0 Å². The maximum absolute atomic E-state index is 11.6. The van der Waals surface area contributed by atoms with Crippen molar-refractivity contribution < 1.29 is 14.3 Å². The predicted molar refractivity (Wildman–Crippen MR) is 83.7 cm³/mol. The Morgan fingerprint density at radius 1 is 1.24 bits per heavy atom. The van der Waals surface area contributed by atoms with Crippen LogP contribution in [-0.2, 0) is 11.3 Å². The highest BCUT2D eigenvalue weighted by Crippen LogP contribution is 2.31. The van der Waals surface area contributed by atoms with Crippen LogP contribution in [0.1, 0.15) is 33.3 Å². The number of carbonyl (C=O) groups excluding carboxylic acids is 1. The molecule has 1 aromatic rings. The molecule has 0 radical (unpaired) electrons. The smallest absolute Gasteiger partial charge is 0.234 e. The average molecular weight is 294 g/mol. The molecule has 2 N–H and O–H groups in total. The molecule has 0 aromatic heterocycles. The molecule has 5 nitrogen and oxygen atoms in total. The summed E-state index contributed by atoms with van der Waals surface area (Å²) in [4.78, 5) is 11.6. The van der Waals surface area contributed by atoms with Crippen molar-refractivity contribution in [2.24, 2.45) is 0 Å². The number of hydrogen-bond donors (Lipinski definition) is 2. The number of methoxy groups -OCH3 is 1. The van der Waals surface area contributed by atoms with Gasteiger partial charge in [0, 0.05) is 18.2 Å². The summed E-state index contributed by atoms with van der Waals surface area (Å²) in [5, 5.41) is 5.97. The Balaban J connectivity index is 2.67. The monoisotopic (exact) mass is 294 g/mol. The number of rotatable bonds is 8. The van der Waals surface area contributed by atoms with Crippen molar-refractivity contribution in [3.63, 3.8) is 0 Å². The normalized spacial score (nSPS) is 10.8. The zero-order valence-electron chi connectivity index (χ0n) is 13.5. The van der Waals surface area contributed by atoms with Crippen molar-refractivity contribution in [2.45, 2.75) is 46.4 Å². The molecule has 0 saturated heterocycles. The third-order valence-corrected chi connectivity index (χ3v) is 2.68. The van der Waals surface area contributed by atoms with Crippen molar-refractivity contribution >= 4 is 5.91 Å². The highest BCUT2D eigenvalue weighted by atomic mass is 16.5. The molecule has 0 unspecified atom stereocenters. The van der Waals surface area contributed by atoms with Crippen LogP contribution in [0.3, 0.4) is 0 Å². The first kappa shape index (κ1) is 17.3. The maximum Gasteiger partial charge on any atom is 0.234 e. The van der Waals surface area contributed by atoms with E-state index in [1.807, 2.05) is 45.9 Å². The summed E-state index contributed by atoms with van der Waals surface area (Å²) in [6.07, 6.45) is 0.0595. The van der Waals surface area contributed by atoms with Gasteiger partial charge in [-0.1, -0.05) is 12.1 Å². The number of nitrogens with one attached hydrogen (secondary N) is 2. The molecule has 1 aromatic carbocycles. The molecule has 0 bridgehead atoms. The molecule has 0 fully saturated rings. The third kappa shape index (κ3) is 6.04. The van der Waals surface area contributed by atoms with Gasteiger partial charge in [0.25, 0.3) is 0 Å². The highest BCUT2D eigenvalue weighted by Gasteiger charge is 2.12. The zero-order valence-corrected chi connectivity index (χ0v) is 13.5. The van der Waals surface area contributed by atoms with Gasteiger partial charge < -0.3 is 20.1 Å². The van der Waals surface area contributed by atoms with Crippen LogP contribution in [0, 0.1) is 0 Å². The number of amides is 1. The molecule has 0 aliphatic heterocycles. The molecule has 0 saturated carbocycles. The van der Waals surface area contributed by atoms with Crippen LogP contribution >= 0.6 is 0 Å². The van der Waals surface area contributed by atoms with E-state index in [0.29, 0.717) is 12.3 Å².